The van der Waals surface area contributed by atoms with E-state index in [2.05, 4.69) is 11.1 Å². The summed E-state index contributed by atoms with van der Waals surface area (Å²) in [5.41, 5.74) is 8.17. The summed E-state index contributed by atoms with van der Waals surface area (Å²) in [7, 11) is 0. The Hall–Kier alpha value is -2.12. The number of hydrogen-bond donors (Lipinski definition) is 1. The van der Waals surface area contributed by atoms with Crippen LogP contribution < -0.4 is 5.73 Å². The van der Waals surface area contributed by atoms with Gasteiger partial charge >= 0.3 is 0 Å². The molecule has 0 radical (unpaired) electrons. The van der Waals surface area contributed by atoms with Crippen LogP contribution in [0.25, 0.3) is 5.69 Å². The first-order chi connectivity index (χ1) is 7.85. The van der Waals surface area contributed by atoms with Crippen molar-refractivity contribution in [3.8, 4) is 11.8 Å². The summed E-state index contributed by atoms with van der Waals surface area (Å²) in [6.45, 7) is 0.587. The standard InChI is InChI=1S/C12H12N4/c13-5-4-12-8-15-9-16(12)11-3-1-2-10(6-11)7-14/h1-3,6,8-9H,4-5,13H2. The van der Waals surface area contributed by atoms with Crippen LogP contribution in [0.1, 0.15) is 11.3 Å². The third kappa shape index (κ3) is 1.95. The minimum Gasteiger partial charge on any atom is -0.330 e. The molecule has 1 aromatic heterocycles. The zero-order valence-corrected chi connectivity index (χ0v) is 8.80. The molecule has 1 aromatic carbocycles. The van der Waals surface area contributed by atoms with Gasteiger partial charge in [-0.3, -0.25) is 0 Å². The van der Waals surface area contributed by atoms with E-state index in [9.17, 15) is 0 Å². The molecule has 0 unspecified atom stereocenters. The van der Waals surface area contributed by atoms with E-state index >= 15 is 0 Å². The summed E-state index contributed by atoms with van der Waals surface area (Å²) in [6.07, 6.45) is 4.31. The molecule has 2 aromatic rings. The molecule has 0 aliphatic rings. The maximum absolute atomic E-state index is 8.84. The zero-order valence-electron chi connectivity index (χ0n) is 8.80. The van der Waals surface area contributed by atoms with Gasteiger partial charge in [-0.05, 0) is 24.7 Å². The van der Waals surface area contributed by atoms with Gasteiger partial charge in [0.05, 0.1) is 18.0 Å². The van der Waals surface area contributed by atoms with Gasteiger partial charge in [-0.2, -0.15) is 5.26 Å². The molecule has 16 heavy (non-hydrogen) atoms. The molecule has 0 aliphatic heterocycles. The van der Waals surface area contributed by atoms with E-state index in [0.29, 0.717) is 12.1 Å². The topological polar surface area (TPSA) is 67.6 Å². The predicted molar refractivity (Wildman–Crippen MR) is 61.0 cm³/mol. The Labute approximate surface area is 94.0 Å². The van der Waals surface area contributed by atoms with Crippen molar-refractivity contribution in [1.29, 1.82) is 5.26 Å². The van der Waals surface area contributed by atoms with E-state index in [-0.39, 0.29) is 0 Å². The average Bonchev–Trinajstić information content (AvgIpc) is 2.78. The van der Waals surface area contributed by atoms with Crippen LogP contribution in [0.4, 0.5) is 0 Å². The molecule has 2 N–H and O–H groups in total. The van der Waals surface area contributed by atoms with Gasteiger partial charge in [0, 0.05) is 24.0 Å². The van der Waals surface area contributed by atoms with E-state index in [4.69, 9.17) is 11.0 Å². The monoisotopic (exact) mass is 212 g/mol. The number of rotatable bonds is 3. The lowest BCUT2D eigenvalue weighted by molar-refractivity contribution is 0.873. The van der Waals surface area contributed by atoms with Gasteiger partial charge in [-0.25, -0.2) is 4.98 Å². The summed E-state index contributed by atoms with van der Waals surface area (Å²) in [5.74, 6) is 0. The summed E-state index contributed by atoms with van der Waals surface area (Å²) < 4.78 is 1.95. The van der Waals surface area contributed by atoms with Crippen LogP contribution in [0.15, 0.2) is 36.8 Å². The van der Waals surface area contributed by atoms with Crippen molar-refractivity contribution in [2.75, 3.05) is 6.54 Å². The van der Waals surface area contributed by atoms with E-state index < -0.39 is 0 Å². The number of imidazole rings is 1. The second-order valence-corrected chi connectivity index (χ2v) is 3.46. The molecule has 4 nitrogen and oxygen atoms in total. The Bertz CT molecular complexity index is 522. The van der Waals surface area contributed by atoms with Crippen LogP contribution in [-0.4, -0.2) is 16.1 Å². The van der Waals surface area contributed by atoms with Crippen LogP contribution in [-0.2, 0) is 6.42 Å². The fourth-order valence-corrected chi connectivity index (χ4v) is 1.61. The maximum Gasteiger partial charge on any atom is 0.0994 e. The van der Waals surface area contributed by atoms with Crippen LogP contribution in [0.2, 0.25) is 0 Å². The van der Waals surface area contributed by atoms with Gasteiger partial charge in [0.15, 0.2) is 0 Å². The minimum atomic E-state index is 0.587. The van der Waals surface area contributed by atoms with Crippen molar-refractivity contribution in [3.05, 3.63) is 48.0 Å². The largest absolute Gasteiger partial charge is 0.330 e. The van der Waals surface area contributed by atoms with Crippen molar-refractivity contribution in [3.63, 3.8) is 0 Å². The van der Waals surface area contributed by atoms with Gasteiger partial charge < -0.3 is 10.3 Å². The van der Waals surface area contributed by atoms with Gasteiger partial charge in [-0.1, -0.05) is 6.07 Å². The average molecular weight is 212 g/mol. The van der Waals surface area contributed by atoms with E-state index in [1.54, 1.807) is 18.6 Å². The van der Waals surface area contributed by atoms with Gasteiger partial charge in [0.25, 0.3) is 0 Å². The van der Waals surface area contributed by atoms with E-state index in [1.165, 1.54) is 0 Å². The Balaban J connectivity index is 2.42. The second kappa shape index (κ2) is 4.60. The minimum absolute atomic E-state index is 0.587. The van der Waals surface area contributed by atoms with Crippen LogP contribution in [0, 0.1) is 11.3 Å². The zero-order chi connectivity index (χ0) is 11.4. The van der Waals surface area contributed by atoms with Gasteiger partial charge in [0.2, 0.25) is 0 Å². The molecule has 0 saturated carbocycles. The summed E-state index contributed by atoms with van der Waals surface area (Å²) >= 11 is 0. The normalized spacial score (nSPS) is 10.0. The lowest BCUT2D eigenvalue weighted by atomic mass is 10.2. The van der Waals surface area contributed by atoms with Crippen molar-refractivity contribution in [2.24, 2.45) is 5.73 Å². The first-order valence-electron chi connectivity index (χ1n) is 5.07. The highest BCUT2D eigenvalue weighted by molar-refractivity contribution is 5.42. The lowest BCUT2D eigenvalue weighted by Crippen LogP contribution is -2.07. The summed E-state index contributed by atoms with van der Waals surface area (Å²) in [6, 6.07) is 9.55. The molecule has 2 rings (SSSR count). The number of nitriles is 1. The number of nitrogens with two attached hydrogens (primary N) is 1. The van der Waals surface area contributed by atoms with Crippen molar-refractivity contribution < 1.29 is 0 Å². The Kier molecular flexibility index (Phi) is 2.99. The number of benzene rings is 1. The van der Waals surface area contributed by atoms with Gasteiger partial charge in [0.1, 0.15) is 0 Å². The second-order valence-electron chi connectivity index (χ2n) is 3.46. The lowest BCUT2D eigenvalue weighted by Gasteiger charge is -2.07. The SMILES string of the molecule is N#Cc1cccc(-n2cncc2CCN)c1. The molecule has 0 spiro atoms. The molecule has 80 valence electrons. The molecule has 0 amide bonds. The summed E-state index contributed by atoms with van der Waals surface area (Å²) in [4.78, 5) is 4.10. The predicted octanol–water partition coefficient (Wildman–Crippen LogP) is 1.25. The molecular weight excluding hydrogens is 200 g/mol. The van der Waals surface area contributed by atoms with E-state index in [0.717, 1.165) is 17.8 Å². The Morgan fingerprint density at radius 3 is 3.06 bits per heavy atom. The fourth-order valence-electron chi connectivity index (χ4n) is 1.61. The molecular formula is C12H12N4. The number of nitrogens with zero attached hydrogens (tertiary/aromatic N) is 3. The number of hydrogen-bond acceptors (Lipinski definition) is 3. The first-order valence-corrected chi connectivity index (χ1v) is 5.07. The van der Waals surface area contributed by atoms with Crippen molar-refractivity contribution in [1.82, 2.24) is 9.55 Å². The highest BCUT2D eigenvalue weighted by atomic mass is 15.0. The van der Waals surface area contributed by atoms with Crippen LogP contribution >= 0.6 is 0 Å². The molecule has 1 heterocycles. The molecule has 0 fully saturated rings. The molecule has 0 saturated heterocycles. The van der Waals surface area contributed by atoms with Crippen LogP contribution in [0.3, 0.4) is 0 Å². The molecule has 0 atom stereocenters. The van der Waals surface area contributed by atoms with E-state index in [1.807, 2.05) is 22.8 Å². The molecule has 4 heteroatoms. The van der Waals surface area contributed by atoms with Gasteiger partial charge in [-0.15, -0.1) is 0 Å². The number of aromatic nitrogens is 2. The summed E-state index contributed by atoms with van der Waals surface area (Å²) in [5, 5.41) is 8.84. The van der Waals surface area contributed by atoms with Crippen molar-refractivity contribution in [2.45, 2.75) is 6.42 Å². The Morgan fingerprint density at radius 1 is 1.44 bits per heavy atom. The smallest absolute Gasteiger partial charge is 0.0994 e. The first kappa shape index (κ1) is 10.4. The van der Waals surface area contributed by atoms with Crippen molar-refractivity contribution >= 4 is 0 Å². The highest BCUT2D eigenvalue weighted by Gasteiger charge is 2.03. The fraction of sp³-hybridized carbons (Fsp3) is 0.167. The third-order valence-electron chi connectivity index (χ3n) is 2.37. The molecule has 0 bridgehead atoms. The highest BCUT2D eigenvalue weighted by Crippen LogP contribution is 2.13. The molecule has 0 aliphatic carbocycles. The maximum atomic E-state index is 8.84. The quantitative estimate of drug-likeness (QED) is 0.832. The van der Waals surface area contributed by atoms with Crippen LogP contribution in [0.5, 0.6) is 0 Å². The Morgan fingerprint density at radius 2 is 2.31 bits per heavy atom. The third-order valence-corrected chi connectivity index (χ3v) is 2.37.